The van der Waals surface area contributed by atoms with Gasteiger partial charge in [-0.15, -0.1) is 0 Å². The Morgan fingerprint density at radius 3 is 2.85 bits per heavy atom. The van der Waals surface area contributed by atoms with E-state index >= 15 is 0 Å². The number of phenolic OH excluding ortho intramolecular Hbond substituents is 1. The van der Waals surface area contributed by atoms with Crippen molar-refractivity contribution in [2.75, 3.05) is 12.4 Å². The van der Waals surface area contributed by atoms with Gasteiger partial charge in [0, 0.05) is 16.7 Å². The number of carbonyl (C=O) groups is 1. The van der Waals surface area contributed by atoms with Crippen LogP contribution in [0.5, 0.6) is 11.5 Å². The van der Waals surface area contributed by atoms with Gasteiger partial charge in [-0.05, 0) is 34.1 Å². The number of methoxy groups -OCH3 is 1. The molecule has 7 heteroatoms. The number of pyridine rings is 1. The summed E-state index contributed by atoms with van der Waals surface area (Å²) in [6.07, 6.45) is 1.52. The van der Waals surface area contributed by atoms with Gasteiger partial charge in [-0.3, -0.25) is 4.79 Å². The maximum atomic E-state index is 12.1. The number of hydrogen-bond donors (Lipinski definition) is 2. The Hall–Kier alpha value is -1.79. The lowest BCUT2D eigenvalue weighted by Gasteiger charge is -2.09. The third-order valence-corrected chi connectivity index (χ3v) is 3.24. The Morgan fingerprint density at radius 2 is 2.20 bits per heavy atom. The zero-order valence-electron chi connectivity index (χ0n) is 10.4. The van der Waals surface area contributed by atoms with Gasteiger partial charge in [0.2, 0.25) is 0 Å². The van der Waals surface area contributed by atoms with Crippen LogP contribution >= 0.6 is 27.5 Å². The topological polar surface area (TPSA) is 71.5 Å². The van der Waals surface area contributed by atoms with E-state index in [2.05, 4.69) is 26.2 Å². The lowest BCUT2D eigenvalue weighted by molar-refractivity contribution is 0.102. The van der Waals surface area contributed by atoms with Crippen molar-refractivity contribution in [3.05, 3.63) is 45.7 Å². The molecular formula is C13H10BrClN2O3. The molecule has 5 nitrogen and oxygen atoms in total. The third kappa shape index (κ3) is 3.20. The Morgan fingerprint density at radius 1 is 1.45 bits per heavy atom. The third-order valence-electron chi connectivity index (χ3n) is 2.50. The Labute approximate surface area is 128 Å². The second kappa shape index (κ2) is 6.11. The molecule has 2 N–H and O–H groups in total. The number of phenols is 1. The minimum atomic E-state index is -0.494. The molecule has 20 heavy (non-hydrogen) atoms. The first-order chi connectivity index (χ1) is 9.51. The number of amides is 1. The average Bonchev–Trinajstić information content (AvgIpc) is 2.42. The van der Waals surface area contributed by atoms with Gasteiger partial charge in [0.05, 0.1) is 18.4 Å². The van der Waals surface area contributed by atoms with E-state index in [0.29, 0.717) is 15.9 Å². The monoisotopic (exact) mass is 356 g/mol. The summed E-state index contributed by atoms with van der Waals surface area (Å²) in [5.74, 6) is -0.214. The molecule has 0 radical (unpaired) electrons. The number of rotatable bonds is 3. The van der Waals surface area contributed by atoms with Gasteiger partial charge >= 0.3 is 0 Å². The summed E-state index contributed by atoms with van der Waals surface area (Å²) in [4.78, 5) is 16.0. The largest absolute Gasteiger partial charge is 0.507 e. The fraction of sp³-hybridized carbons (Fsp3) is 0.0769. The van der Waals surface area contributed by atoms with Crippen molar-refractivity contribution in [2.45, 2.75) is 0 Å². The summed E-state index contributed by atoms with van der Waals surface area (Å²) >= 11 is 9.12. The highest BCUT2D eigenvalue weighted by Crippen LogP contribution is 2.27. The number of nitrogens with one attached hydrogen (secondary N) is 1. The molecule has 1 aromatic heterocycles. The molecule has 0 spiro atoms. The molecule has 104 valence electrons. The molecule has 0 aliphatic rings. The highest BCUT2D eigenvalue weighted by Gasteiger charge is 2.14. The smallest absolute Gasteiger partial charge is 0.259 e. The first-order valence-corrected chi connectivity index (χ1v) is 6.67. The first-order valence-electron chi connectivity index (χ1n) is 5.50. The number of nitrogens with zero attached hydrogens (tertiary/aromatic N) is 1. The molecule has 1 heterocycles. The Bertz CT molecular complexity index is 664. The van der Waals surface area contributed by atoms with Gasteiger partial charge in [0.15, 0.2) is 5.15 Å². The van der Waals surface area contributed by atoms with E-state index in [1.54, 1.807) is 12.1 Å². The molecule has 1 aromatic carbocycles. The molecule has 0 aliphatic carbocycles. The highest BCUT2D eigenvalue weighted by molar-refractivity contribution is 9.10. The molecule has 0 bridgehead atoms. The maximum absolute atomic E-state index is 12.1. The lowest BCUT2D eigenvalue weighted by atomic mass is 10.1. The maximum Gasteiger partial charge on any atom is 0.259 e. The Balaban J connectivity index is 2.26. The van der Waals surface area contributed by atoms with Gasteiger partial charge in [-0.25, -0.2) is 4.98 Å². The number of halogens is 2. The van der Waals surface area contributed by atoms with E-state index in [9.17, 15) is 9.90 Å². The van der Waals surface area contributed by atoms with Crippen LogP contribution in [0.3, 0.4) is 0 Å². The summed E-state index contributed by atoms with van der Waals surface area (Å²) in [7, 11) is 1.47. The second-order valence-corrected chi connectivity index (χ2v) is 5.10. The summed E-state index contributed by atoms with van der Waals surface area (Å²) in [5.41, 5.74) is 0.461. The number of anilines is 1. The minimum absolute atomic E-state index is 0.113. The number of aromatic nitrogens is 1. The standard InChI is InChI=1S/C13H10BrClN2O3/c1-20-8-2-3-9(11(18)5-8)13(19)17-10-4-7(14)6-16-12(10)15/h2-6,18H,1H3,(H,17,19). The van der Waals surface area contributed by atoms with Crippen LogP contribution < -0.4 is 10.1 Å². The average molecular weight is 358 g/mol. The number of carbonyl (C=O) groups excluding carboxylic acids is 1. The molecule has 0 atom stereocenters. The van der Waals surface area contributed by atoms with Crippen LogP contribution in [0.1, 0.15) is 10.4 Å². The quantitative estimate of drug-likeness (QED) is 0.825. The van der Waals surface area contributed by atoms with Crippen molar-refractivity contribution in [1.82, 2.24) is 4.98 Å². The van der Waals surface area contributed by atoms with Crippen molar-refractivity contribution >= 4 is 39.1 Å². The fourth-order valence-corrected chi connectivity index (χ4v) is 2.01. The summed E-state index contributed by atoms with van der Waals surface area (Å²) in [5, 5.41) is 12.5. The van der Waals surface area contributed by atoms with E-state index in [0.717, 1.165) is 0 Å². The predicted molar refractivity (Wildman–Crippen MR) is 79.6 cm³/mol. The van der Waals surface area contributed by atoms with Crippen LogP contribution in [0.15, 0.2) is 34.9 Å². The van der Waals surface area contributed by atoms with Crippen LogP contribution in [0.4, 0.5) is 5.69 Å². The number of aromatic hydroxyl groups is 1. The van der Waals surface area contributed by atoms with Crippen molar-refractivity contribution in [3.63, 3.8) is 0 Å². The fourth-order valence-electron chi connectivity index (χ4n) is 1.53. The first kappa shape index (κ1) is 14.6. The number of benzene rings is 1. The van der Waals surface area contributed by atoms with Gasteiger partial charge in [0.1, 0.15) is 11.5 Å². The second-order valence-electron chi connectivity index (χ2n) is 3.83. The van der Waals surface area contributed by atoms with Crippen molar-refractivity contribution in [3.8, 4) is 11.5 Å². The van der Waals surface area contributed by atoms with Crippen LogP contribution in [-0.4, -0.2) is 23.1 Å². The molecular weight excluding hydrogens is 348 g/mol. The summed E-state index contributed by atoms with van der Waals surface area (Å²) in [6.45, 7) is 0. The molecule has 0 fully saturated rings. The van der Waals surface area contributed by atoms with Crippen LogP contribution in [0.2, 0.25) is 5.15 Å². The molecule has 1 amide bonds. The number of hydrogen-bond acceptors (Lipinski definition) is 4. The SMILES string of the molecule is COc1ccc(C(=O)Nc2cc(Br)cnc2Cl)c(O)c1. The van der Waals surface area contributed by atoms with Crippen LogP contribution in [0, 0.1) is 0 Å². The van der Waals surface area contributed by atoms with Crippen molar-refractivity contribution in [1.29, 1.82) is 0 Å². The van der Waals surface area contributed by atoms with Gasteiger partial charge in [-0.1, -0.05) is 11.6 Å². The lowest BCUT2D eigenvalue weighted by Crippen LogP contribution is -2.12. The van der Waals surface area contributed by atoms with E-state index < -0.39 is 5.91 Å². The summed E-state index contributed by atoms with van der Waals surface area (Å²) < 4.78 is 5.63. The molecule has 0 saturated heterocycles. The highest BCUT2D eigenvalue weighted by atomic mass is 79.9. The van der Waals surface area contributed by atoms with Crippen molar-refractivity contribution < 1.29 is 14.6 Å². The minimum Gasteiger partial charge on any atom is -0.507 e. The van der Waals surface area contributed by atoms with Gasteiger partial charge in [-0.2, -0.15) is 0 Å². The zero-order valence-corrected chi connectivity index (χ0v) is 12.7. The molecule has 2 aromatic rings. The summed E-state index contributed by atoms with van der Waals surface area (Å²) in [6, 6.07) is 6.02. The van der Waals surface area contributed by atoms with Crippen LogP contribution in [0.25, 0.3) is 0 Å². The van der Waals surface area contributed by atoms with E-state index in [4.69, 9.17) is 16.3 Å². The molecule has 2 rings (SSSR count). The van der Waals surface area contributed by atoms with Gasteiger partial charge < -0.3 is 15.2 Å². The predicted octanol–water partition coefficient (Wildman–Crippen LogP) is 3.46. The molecule has 0 unspecified atom stereocenters. The molecule has 0 saturated carbocycles. The van der Waals surface area contributed by atoms with Crippen LogP contribution in [-0.2, 0) is 0 Å². The number of ether oxygens (including phenoxy) is 1. The van der Waals surface area contributed by atoms with Gasteiger partial charge in [0.25, 0.3) is 5.91 Å². The Kier molecular flexibility index (Phi) is 4.46. The normalized spacial score (nSPS) is 10.2. The van der Waals surface area contributed by atoms with E-state index in [1.165, 1.54) is 25.4 Å². The van der Waals surface area contributed by atoms with Crippen molar-refractivity contribution in [2.24, 2.45) is 0 Å². The van der Waals surface area contributed by atoms with E-state index in [1.807, 2.05) is 0 Å². The zero-order chi connectivity index (χ0) is 14.7. The molecule has 0 aliphatic heterocycles. The van der Waals surface area contributed by atoms with E-state index in [-0.39, 0.29) is 16.5 Å².